The molecule has 7 heteroatoms. The number of nitrogens with zero attached hydrogens (tertiary/aromatic N) is 2. The van der Waals surface area contributed by atoms with Crippen LogP contribution in [-0.2, 0) is 11.2 Å². The van der Waals surface area contributed by atoms with Crippen molar-refractivity contribution in [3.63, 3.8) is 0 Å². The number of carbonyl (C=O) groups is 1. The smallest absolute Gasteiger partial charge is 0.226 e. The highest BCUT2D eigenvalue weighted by Crippen LogP contribution is 2.21. The van der Waals surface area contributed by atoms with Crippen LogP contribution in [0.25, 0.3) is 11.5 Å². The molecule has 3 rings (SSSR count). The summed E-state index contributed by atoms with van der Waals surface area (Å²) in [5, 5.41) is 3.50. The van der Waals surface area contributed by atoms with Gasteiger partial charge in [0.15, 0.2) is 0 Å². The third-order valence-electron chi connectivity index (χ3n) is 3.29. The van der Waals surface area contributed by atoms with Crippen LogP contribution in [0.2, 0.25) is 5.02 Å². The molecule has 0 aliphatic heterocycles. The van der Waals surface area contributed by atoms with Crippen molar-refractivity contribution < 1.29 is 9.21 Å². The van der Waals surface area contributed by atoms with Crippen molar-refractivity contribution in [2.75, 3.05) is 0 Å². The quantitative estimate of drug-likeness (QED) is 0.752. The molecule has 0 aliphatic carbocycles. The molecule has 0 saturated heterocycles. The van der Waals surface area contributed by atoms with E-state index in [1.807, 2.05) is 19.1 Å². The van der Waals surface area contributed by atoms with Crippen molar-refractivity contribution >= 4 is 17.5 Å². The molecule has 6 nitrogen and oxygen atoms in total. The summed E-state index contributed by atoms with van der Waals surface area (Å²) >= 11 is 5.85. The highest BCUT2D eigenvalue weighted by molar-refractivity contribution is 6.30. The predicted molar refractivity (Wildman–Crippen MR) is 85.8 cm³/mol. The van der Waals surface area contributed by atoms with Gasteiger partial charge in [0, 0.05) is 23.0 Å². The third-order valence-corrected chi connectivity index (χ3v) is 3.54. The molecule has 1 unspecified atom stereocenters. The Labute approximate surface area is 137 Å². The zero-order chi connectivity index (χ0) is 16.2. The first-order valence-electron chi connectivity index (χ1n) is 7.11. The molecule has 0 spiro atoms. The van der Waals surface area contributed by atoms with Crippen molar-refractivity contribution in [1.82, 2.24) is 20.3 Å². The van der Waals surface area contributed by atoms with Crippen LogP contribution in [-0.4, -0.2) is 20.9 Å². The van der Waals surface area contributed by atoms with Gasteiger partial charge in [-0.05, 0) is 31.2 Å². The molecule has 118 valence electrons. The number of benzene rings is 1. The van der Waals surface area contributed by atoms with Crippen LogP contribution in [0, 0.1) is 0 Å². The van der Waals surface area contributed by atoms with E-state index < -0.39 is 0 Å². The number of oxazole rings is 1. The van der Waals surface area contributed by atoms with Crippen molar-refractivity contribution in [1.29, 1.82) is 0 Å². The summed E-state index contributed by atoms with van der Waals surface area (Å²) in [6.07, 6.45) is 4.99. The molecule has 2 aromatic heterocycles. The molecule has 0 saturated carbocycles. The van der Waals surface area contributed by atoms with Crippen LogP contribution in [0.3, 0.4) is 0 Å². The van der Waals surface area contributed by atoms with Gasteiger partial charge in [-0.2, -0.15) is 0 Å². The zero-order valence-corrected chi connectivity index (χ0v) is 13.2. The van der Waals surface area contributed by atoms with Crippen LogP contribution >= 0.6 is 11.6 Å². The van der Waals surface area contributed by atoms with E-state index in [0.717, 1.165) is 5.56 Å². The maximum absolute atomic E-state index is 12.1. The molecule has 0 radical (unpaired) electrons. The summed E-state index contributed by atoms with van der Waals surface area (Å²) in [6.45, 7) is 1.86. The average molecular weight is 331 g/mol. The zero-order valence-electron chi connectivity index (χ0n) is 12.4. The van der Waals surface area contributed by atoms with E-state index in [1.165, 1.54) is 6.26 Å². The van der Waals surface area contributed by atoms with Gasteiger partial charge in [-0.3, -0.25) is 4.79 Å². The second-order valence-corrected chi connectivity index (χ2v) is 5.53. The molecule has 2 heterocycles. The molecule has 0 bridgehead atoms. The first kappa shape index (κ1) is 15.3. The van der Waals surface area contributed by atoms with Gasteiger partial charge in [-0.25, -0.2) is 9.97 Å². The number of hydrogen-bond acceptors (Lipinski definition) is 4. The lowest BCUT2D eigenvalue weighted by Gasteiger charge is -2.10. The van der Waals surface area contributed by atoms with Gasteiger partial charge in [0.25, 0.3) is 0 Å². The summed E-state index contributed by atoms with van der Waals surface area (Å²) in [5.74, 6) is 1.02. The number of amides is 1. The fraction of sp³-hybridized carbons (Fsp3) is 0.188. The Hall–Kier alpha value is -2.60. The molecular formula is C16H15ClN4O2. The Bertz CT molecular complexity index is 781. The van der Waals surface area contributed by atoms with Crippen LogP contribution in [0.4, 0.5) is 0 Å². The Balaban J connectivity index is 1.62. The Morgan fingerprint density at radius 1 is 1.39 bits per heavy atom. The second-order valence-electron chi connectivity index (χ2n) is 5.09. The Kier molecular flexibility index (Phi) is 4.43. The lowest BCUT2D eigenvalue weighted by Crippen LogP contribution is -2.28. The minimum Gasteiger partial charge on any atom is -0.444 e. The van der Waals surface area contributed by atoms with Gasteiger partial charge in [-0.1, -0.05) is 11.6 Å². The normalized spacial score (nSPS) is 12.1. The number of hydrogen-bond donors (Lipinski definition) is 2. The maximum atomic E-state index is 12.1. The second kappa shape index (κ2) is 6.66. The molecule has 23 heavy (non-hydrogen) atoms. The summed E-state index contributed by atoms with van der Waals surface area (Å²) in [5.41, 5.74) is 1.38. The number of imidazole rings is 1. The molecule has 1 atom stereocenters. The van der Waals surface area contributed by atoms with Crippen LogP contribution in [0.1, 0.15) is 24.5 Å². The number of H-pyrrole nitrogens is 1. The number of aromatic amines is 1. The Morgan fingerprint density at radius 2 is 2.17 bits per heavy atom. The van der Waals surface area contributed by atoms with Gasteiger partial charge in [0.2, 0.25) is 11.8 Å². The summed E-state index contributed by atoms with van der Waals surface area (Å²) in [4.78, 5) is 23.5. The highest BCUT2D eigenvalue weighted by Gasteiger charge is 2.14. The van der Waals surface area contributed by atoms with Crippen molar-refractivity contribution in [3.05, 3.63) is 59.5 Å². The molecule has 0 fully saturated rings. The topological polar surface area (TPSA) is 83.8 Å². The molecular weight excluding hydrogens is 316 g/mol. The molecule has 3 aromatic rings. The van der Waals surface area contributed by atoms with E-state index in [2.05, 4.69) is 20.3 Å². The number of rotatable bonds is 5. The number of halogens is 1. The largest absolute Gasteiger partial charge is 0.444 e. The first-order chi connectivity index (χ1) is 11.1. The summed E-state index contributed by atoms with van der Waals surface area (Å²) in [6, 6.07) is 6.96. The third kappa shape index (κ3) is 3.78. The first-order valence-corrected chi connectivity index (χ1v) is 7.48. The summed E-state index contributed by atoms with van der Waals surface area (Å²) < 4.78 is 5.42. The van der Waals surface area contributed by atoms with E-state index >= 15 is 0 Å². The van der Waals surface area contributed by atoms with Crippen LogP contribution < -0.4 is 5.32 Å². The minimum absolute atomic E-state index is 0.141. The SMILES string of the molecule is CC(NC(=O)Cc1coc(-c2ccc(Cl)cc2)n1)c1ncc[nH]1. The van der Waals surface area contributed by atoms with Crippen LogP contribution in [0.15, 0.2) is 47.3 Å². The van der Waals surface area contributed by atoms with Gasteiger partial charge >= 0.3 is 0 Å². The molecule has 1 aromatic carbocycles. The standard InChI is InChI=1S/C16H15ClN4O2/c1-10(15-18-6-7-19-15)20-14(22)8-13-9-23-16(21-13)11-2-4-12(17)5-3-11/h2-7,9-10H,8H2,1H3,(H,18,19)(H,20,22). The lowest BCUT2D eigenvalue weighted by molar-refractivity contribution is -0.121. The number of nitrogens with one attached hydrogen (secondary N) is 2. The number of carbonyl (C=O) groups excluding carboxylic acids is 1. The minimum atomic E-state index is -0.194. The van der Waals surface area contributed by atoms with E-state index in [9.17, 15) is 4.79 Å². The monoisotopic (exact) mass is 330 g/mol. The molecule has 0 aliphatic rings. The van der Waals surface area contributed by atoms with Gasteiger partial charge < -0.3 is 14.7 Å². The Morgan fingerprint density at radius 3 is 2.87 bits per heavy atom. The fourth-order valence-electron chi connectivity index (χ4n) is 2.15. The van der Waals surface area contributed by atoms with Gasteiger partial charge in [0.05, 0.1) is 18.2 Å². The average Bonchev–Trinajstić information content (AvgIpc) is 3.19. The molecule has 2 N–H and O–H groups in total. The van der Waals surface area contributed by atoms with Crippen molar-refractivity contribution in [2.45, 2.75) is 19.4 Å². The lowest BCUT2D eigenvalue weighted by atomic mass is 10.2. The van der Waals surface area contributed by atoms with E-state index in [4.69, 9.17) is 16.0 Å². The van der Waals surface area contributed by atoms with E-state index in [1.54, 1.807) is 24.5 Å². The van der Waals surface area contributed by atoms with Gasteiger partial charge in [0.1, 0.15) is 12.1 Å². The van der Waals surface area contributed by atoms with Crippen molar-refractivity contribution in [2.24, 2.45) is 0 Å². The molecule has 1 amide bonds. The fourth-order valence-corrected chi connectivity index (χ4v) is 2.28. The van der Waals surface area contributed by atoms with E-state index in [-0.39, 0.29) is 18.4 Å². The maximum Gasteiger partial charge on any atom is 0.226 e. The van der Waals surface area contributed by atoms with Crippen molar-refractivity contribution in [3.8, 4) is 11.5 Å². The summed E-state index contributed by atoms with van der Waals surface area (Å²) in [7, 11) is 0. The van der Waals surface area contributed by atoms with Crippen LogP contribution in [0.5, 0.6) is 0 Å². The number of aromatic nitrogens is 3. The van der Waals surface area contributed by atoms with Gasteiger partial charge in [-0.15, -0.1) is 0 Å². The van der Waals surface area contributed by atoms with E-state index in [0.29, 0.717) is 22.4 Å². The highest BCUT2D eigenvalue weighted by atomic mass is 35.5. The predicted octanol–water partition coefficient (Wildman–Crippen LogP) is 3.14.